The van der Waals surface area contributed by atoms with Gasteiger partial charge in [-0.3, -0.25) is 4.79 Å². The summed E-state index contributed by atoms with van der Waals surface area (Å²) in [6.45, 7) is 6.69. The Balaban J connectivity index is 1.66. The fraction of sp³-hybridized carbons (Fsp3) is 0.214. The first-order valence-corrected chi connectivity index (χ1v) is 10.7. The SMILES string of the molecule is CC(C)(C)c1ccc(CCc2cccc(C(=O)c3ccccc3)c2-c2ncc[nH]2)cc1. The van der Waals surface area contributed by atoms with E-state index in [9.17, 15) is 4.79 Å². The Morgan fingerprint density at radius 3 is 2.26 bits per heavy atom. The molecule has 0 aliphatic heterocycles. The van der Waals surface area contributed by atoms with Crippen molar-refractivity contribution in [3.63, 3.8) is 0 Å². The second-order valence-corrected chi connectivity index (χ2v) is 8.92. The van der Waals surface area contributed by atoms with Gasteiger partial charge >= 0.3 is 0 Å². The van der Waals surface area contributed by atoms with Crippen molar-refractivity contribution in [1.29, 1.82) is 0 Å². The molecule has 0 atom stereocenters. The van der Waals surface area contributed by atoms with Crippen LogP contribution in [0.15, 0.2) is 85.2 Å². The summed E-state index contributed by atoms with van der Waals surface area (Å²) >= 11 is 0. The molecule has 1 N–H and O–H groups in total. The molecular weight excluding hydrogens is 380 g/mol. The Kier molecular flexibility index (Phi) is 5.85. The van der Waals surface area contributed by atoms with Crippen molar-refractivity contribution in [2.45, 2.75) is 39.0 Å². The maximum Gasteiger partial charge on any atom is 0.193 e. The topological polar surface area (TPSA) is 45.8 Å². The molecular formula is C28H28N2O. The van der Waals surface area contributed by atoms with Crippen LogP contribution >= 0.6 is 0 Å². The van der Waals surface area contributed by atoms with E-state index >= 15 is 0 Å². The zero-order valence-corrected chi connectivity index (χ0v) is 18.4. The molecule has 0 saturated heterocycles. The molecule has 156 valence electrons. The fourth-order valence-corrected chi connectivity index (χ4v) is 3.87. The summed E-state index contributed by atoms with van der Waals surface area (Å²) in [5, 5.41) is 0. The Morgan fingerprint density at radius 2 is 1.61 bits per heavy atom. The van der Waals surface area contributed by atoms with Gasteiger partial charge in [0.1, 0.15) is 5.82 Å². The van der Waals surface area contributed by atoms with E-state index in [-0.39, 0.29) is 11.2 Å². The van der Waals surface area contributed by atoms with Gasteiger partial charge in [0.15, 0.2) is 5.78 Å². The molecule has 31 heavy (non-hydrogen) atoms. The normalized spacial score (nSPS) is 11.5. The number of hydrogen-bond acceptors (Lipinski definition) is 2. The van der Waals surface area contributed by atoms with Crippen LogP contribution in [0.3, 0.4) is 0 Å². The molecule has 3 aromatic carbocycles. The number of aryl methyl sites for hydroxylation is 2. The van der Waals surface area contributed by atoms with Crippen LogP contribution in [0.5, 0.6) is 0 Å². The van der Waals surface area contributed by atoms with Crippen LogP contribution in [0.2, 0.25) is 0 Å². The highest BCUT2D eigenvalue weighted by atomic mass is 16.1. The first-order chi connectivity index (χ1) is 14.9. The number of ketones is 1. The number of benzene rings is 3. The first kappa shape index (κ1) is 20.8. The summed E-state index contributed by atoms with van der Waals surface area (Å²) in [4.78, 5) is 20.9. The van der Waals surface area contributed by atoms with Crippen LogP contribution in [0.4, 0.5) is 0 Å². The number of carbonyl (C=O) groups excluding carboxylic acids is 1. The molecule has 0 amide bonds. The maximum atomic E-state index is 13.3. The average Bonchev–Trinajstić information content (AvgIpc) is 3.32. The highest BCUT2D eigenvalue weighted by Crippen LogP contribution is 2.29. The number of imidazole rings is 1. The Hall–Kier alpha value is -3.46. The minimum absolute atomic E-state index is 0.0170. The number of rotatable bonds is 6. The van der Waals surface area contributed by atoms with Crippen LogP contribution in [0.25, 0.3) is 11.4 Å². The van der Waals surface area contributed by atoms with Gasteiger partial charge in [-0.2, -0.15) is 0 Å². The van der Waals surface area contributed by atoms with Gasteiger partial charge in [-0.25, -0.2) is 4.98 Å². The van der Waals surface area contributed by atoms with Crippen molar-refractivity contribution < 1.29 is 4.79 Å². The fourth-order valence-electron chi connectivity index (χ4n) is 3.87. The Labute approximate surface area is 184 Å². The lowest BCUT2D eigenvalue weighted by Gasteiger charge is -2.19. The van der Waals surface area contributed by atoms with Crippen LogP contribution in [0.1, 0.15) is 53.4 Å². The third-order valence-electron chi connectivity index (χ3n) is 5.67. The van der Waals surface area contributed by atoms with Crippen LogP contribution in [0, 0.1) is 0 Å². The summed E-state index contributed by atoms with van der Waals surface area (Å²) in [6, 6.07) is 24.3. The van der Waals surface area contributed by atoms with Crippen molar-refractivity contribution in [2.75, 3.05) is 0 Å². The standard InChI is InChI=1S/C28H28N2O/c1-28(2,3)23-16-13-20(14-17-23)12-15-21-10-7-11-24(25(21)27-29-18-19-30-27)26(31)22-8-5-4-6-9-22/h4-11,13-14,16-19H,12,15H2,1-3H3,(H,29,30). The van der Waals surface area contributed by atoms with E-state index in [0.29, 0.717) is 11.1 Å². The number of nitrogens with zero attached hydrogens (tertiary/aromatic N) is 1. The summed E-state index contributed by atoms with van der Waals surface area (Å²) < 4.78 is 0. The van der Waals surface area contributed by atoms with Crippen molar-refractivity contribution in [2.24, 2.45) is 0 Å². The lowest BCUT2D eigenvalue weighted by molar-refractivity contribution is 0.103. The molecule has 0 bridgehead atoms. The molecule has 0 aliphatic carbocycles. The molecule has 0 saturated carbocycles. The molecule has 0 aliphatic rings. The van der Waals surface area contributed by atoms with Crippen molar-refractivity contribution in [3.8, 4) is 11.4 Å². The lowest BCUT2D eigenvalue weighted by atomic mass is 9.86. The van der Waals surface area contributed by atoms with Crippen molar-refractivity contribution in [1.82, 2.24) is 9.97 Å². The molecule has 3 heteroatoms. The predicted octanol–water partition coefficient (Wildman–Crippen LogP) is 6.39. The van der Waals surface area contributed by atoms with Crippen molar-refractivity contribution in [3.05, 3.63) is 113 Å². The van der Waals surface area contributed by atoms with Gasteiger partial charge in [-0.15, -0.1) is 0 Å². The summed E-state index contributed by atoms with van der Waals surface area (Å²) in [6.07, 6.45) is 5.27. The van der Waals surface area contributed by atoms with Gasteiger partial charge in [-0.1, -0.05) is 93.6 Å². The summed E-state index contributed by atoms with van der Waals surface area (Å²) in [5.41, 5.74) is 6.16. The summed E-state index contributed by atoms with van der Waals surface area (Å²) in [5.74, 6) is 0.751. The van der Waals surface area contributed by atoms with E-state index in [1.54, 1.807) is 12.4 Å². The van der Waals surface area contributed by atoms with Crippen LogP contribution in [-0.2, 0) is 18.3 Å². The monoisotopic (exact) mass is 408 g/mol. The number of H-pyrrole nitrogens is 1. The van der Waals surface area contributed by atoms with Gasteiger partial charge in [-0.05, 0) is 34.9 Å². The highest BCUT2D eigenvalue weighted by Gasteiger charge is 2.19. The van der Waals surface area contributed by atoms with Gasteiger partial charge in [0.2, 0.25) is 0 Å². The minimum atomic E-state index is 0.0170. The average molecular weight is 409 g/mol. The second-order valence-electron chi connectivity index (χ2n) is 8.92. The van der Waals surface area contributed by atoms with Gasteiger partial charge < -0.3 is 4.98 Å². The largest absolute Gasteiger partial charge is 0.345 e. The van der Waals surface area contributed by atoms with Crippen LogP contribution in [-0.4, -0.2) is 15.8 Å². The van der Waals surface area contributed by atoms with Crippen LogP contribution < -0.4 is 0 Å². The van der Waals surface area contributed by atoms with Crippen molar-refractivity contribution >= 4 is 5.78 Å². The molecule has 4 rings (SSSR count). The van der Waals surface area contributed by atoms with E-state index in [1.165, 1.54) is 11.1 Å². The van der Waals surface area contributed by atoms with Gasteiger partial charge in [0.25, 0.3) is 0 Å². The maximum absolute atomic E-state index is 13.3. The van der Waals surface area contributed by atoms with E-state index in [2.05, 4.69) is 61.1 Å². The number of carbonyl (C=O) groups is 1. The number of aromatic nitrogens is 2. The molecule has 0 unspecified atom stereocenters. The quantitative estimate of drug-likeness (QED) is 0.376. The highest BCUT2D eigenvalue weighted by molar-refractivity contribution is 6.12. The molecule has 4 aromatic rings. The molecule has 0 spiro atoms. The first-order valence-electron chi connectivity index (χ1n) is 10.7. The summed E-state index contributed by atoms with van der Waals surface area (Å²) in [7, 11) is 0. The van der Waals surface area contributed by atoms with E-state index in [1.807, 2.05) is 42.5 Å². The number of hydrogen-bond donors (Lipinski definition) is 1. The number of aromatic amines is 1. The van der Waals surface area contributed by atoms with E-state index < -0.39 is 0 Å². The third kappa shape index (κ3) is 4.66. The van der Waals surface area contributed by atoms with Gasteiger partial charge in [0.05, 0.1) is 0 Å². The number of nitrogens with one attached hydrogen (secondary N) is 1. The second kappa shape index (κ2) is 8.73. The molecule has 0 fully saturated rings. The van der Waals surface area contributed by atoms with Gasteiger partial charge in [0, 0.05) is 29.1 Å². The lowest BCUT2D eigenvalue weighted by Crippen LogP contribution is -2.10. The third-order valence-corrected chi connectivity index (χ3v) is 5.67. The van der Waals surface area contributed by atoms with E-state index in [0.717, 1.165) is 29.8 Å². The Bertz CT molecular complexity index is 1150. The minimum Gasteiger partial charge on any atom is -0.345 e. The smallest absolute Gasteiger partial charge is 0.193 e. The molecule has 3 nitrogen and oxygen atoms in total. The zero-order chi connectivity index (χ0) is 21.8. The molecule has 1 aromatic heterocycles. The zero-order valence-electron chi connectivity index (χ0n) is 18.4. The molecule has 1 heterocycles. The van der Waals surface area contributed by atoms with E-state index in [4.69, 9.17) is 0 Å². The molecule has 0 radical (unpaired) electrons. The predicted molar refractivity (Wildman–Crippen MR) is 126 cm³/mol. The Morgan fingerprint density at radius 1 is 0.871 bits per heavy atom.